The third-order valence-corrected chi connectivity index (χ3v) is 2.89. The number of aromatic nitrogens is 1. The number of nitrogens with zero attached hydrogens (tertiary/aromatic N) is 2. The van der Waals surface area contributed by atoms with E-state index in [2.05, 4.69) is 4.98 Å². The van der Waals surface area contributed by atoms with Crippen LogP contribution in [0.15, 0.2) is 36.5 Å². The van der Waals surface area contributed by atoms with Crippen LogP contribution >= 0.6 is 11.6 Å². The van der Waals surface area contributed by atoms with Crippen LogP contribution < -0.4 is 4.74 Å². The fourth-order valence-corrected chi connectivity index (χ4v) is 1.75. The predicted octanol–water partition coefficient (Wildman–Crippen LogP) is 3.49. The number of aliphatic hydroxyl groups is 1. The maximum absolute atomic E-state index is 10.9. The molecule has 0 aliphatic heterocycles. The summed E-state index contributed by atoms with van der Waals surface area (Å²) in [7, 11) is 0. The molecule has 1 N–H and O–H groups in total. The number of ether oxygens (including phenoxy) is 1. The predicted molar refractivity (Wildman–Crippen MR) is 73.1 cm³/mol. The summed E-state index contributed by atoms with van der Waals surface area (Å²) in [5, 5.41) is 20.4. The Hall–Kier alpha value is -2.18. The standard InChI is InChI=1S/C13H11ClN2O4/c1-8(17)9-5-6-12(15-7-9)20-13-10(14)3-2-4-11(13)16(18)19/h2-8,17H,1H3/t8-/m0/s1. The van der Waals surface area contributed by atoms with Gasteiger partial charge in [0, 0.05) is 18.3 Å². The highest BCUT2D eigenvalue weighted by Crippen LogP contribution is 2.37. The van der Waals surface area contributed by atoms with Crippen LogP contribution in [0.3, 0.4) is 0 Å². The molecule has 1 aromatic carbocycles. The molecule has 7 heteroatoms. The summed E-state index contributed by atoms with van der Waals surface area (Å²) >= 11 is 5.91. The number of nitro benzene ring substituents is 1. The first kappa shape index (κ1) is 14.2. The molecule has 0 bridgehead atoms. The van der Waals surface area contributed by atoms with Crippen LogP contribution in [-0.4, -0.2) is 15.0 Å². The zero-order valence-electron chi connectivity index (χ0n) is 10.5. The third-order valence-electron chi connectivity index (χ3n) is 2.59. The molecule has 20 heavy (non-hydrogen) atoms. The van der Waals surface area contributed by atoms with Crippen LogP contribution in [0, 0.1) is 10.1 Å². The Balaban J connectivity index is 2.32. The van der Waals surface area contributed by atoms with Gasteiger partial charge < -0.3 is 9.84 Å². The number of hydrogen-bond donors (Lipinski definition) is 1. The van der Waals surface area contributed by atoms with E-state index in [-0.39, 0.29) is 22.3 Å². The smallest absolute Gasteiger partial charge is 0.313 e. The Labute approximate surface area is 119 Å². The van der Waals surface area contributed by atoms with Gasteiger partial charge >= 0.3 is 5.69 Å². The Bertz CT molecular complexity index is 629. The molecule has 0 saturated heterocycles. The van der Waals surface area contributed by atoms with Crippen molar-refractivity contribution in [2.24, 2.45) is 0 Å². The average Bonchev–Trinajstić information content (AvgIpc) is 2.41. The molecule has 1 heterocycles. The van der Waals surface area contributed by atoms with E-state index in [1.807, 2.05) is 0 Å². The molecule has 0 saturated carbocycles. The summed E-state index contributed by atoms with van der Waals surface area (Å²) in [6, 6.07) is 7.39. The van der Waals surface area contributed by atoms with Crippen LogP contribution in [0.4, 0.5) is 5.69 Å². The summed E-state index contributed by atoms with van der Waals surface area (Å²) in [6.45, 7) is 1.61. The average molecular weight is 295 g/mol. The molecule has 0 aliphatic carbocycles. The number of benzene rings is 1. The van der Waals surface area contributed by atoms with Gasteiger partial charge in [-0.25, -0.2) is 4.98 Å². The summed E-state index contributed by atoms with van der Waals surface area (Å²) in [6.07, 6.45) is 0.786. The van der Waals surface area contributed by atoms with Crippen LogP contribution in [0.5, 0.6) is 11.6 Å². The fraction of sp³-hybridized carbons (Fsp3) is 0.154. The van der Waals surface area contributed by atoms with E-state index in [0.717, 1.165) is 0 Å². The maximum atomic E-state index is 10.9. The van der Waals surface area contributed by atoms with E-state index in [1.165, 1.54) is 30.5 Å². The monoisotopic (exact) mass is 294 g/mol. The number of nitro groups is 1. The first-order valence-corrected chi connectivity index (χ1v) is 6.11. The molecular formula is C13H11ClN2O4. The van der Waals surface area contributed by atoms with Crippen LogP contribution in [-0.2, 0) is 0 Å². The van der Waals surface area contributed by atoms with Crippen molar-refractivity contribution in [2.45, 2.75) is 13.0 Å². The first-order valence-electron chi connectivity index (χ1n) is 5.74. The lowest BCUT2D eigenvalue weighted by molar-refractivity contribution is -0.385. The highest BCUT2D eigenvalue weighted by molar-refractivity contribution is 6.32. The van der Waals surface area contributed by atoms with Gasteiger partial charge in [0.25, 0.3) is 0 Å². The van der Waals surface area contributed by atoms with Crippen molar-refractivity contribution in [1.82, 2.24) is 4.98 Å². The lowest BCUT2D eigenvalue weighted by atomic mass is 10.2. The van der Waals surface area contributed by atoms with Gasteiger partial charge in [0.1, 0.15) is 0 Å². The number of rotatable bonds is 4. The minimum atomic E-state index is -0.647. The topological polar surface area (TPSA) is 85.5 Å². The van der Waals surface area contributed by atoms with Gasteiger partial charge in [-0.2, -0.15) is 0 Å². The van der Waals surface area contributed by atoms with Gasteiger partial charge in [0.15, 0.2) is 0 Å². The van der Waals surface area contributed by atoms with E-state index in [0.29, 0.717) is 5.56 Å². The van der Waals surface area contributed by atoms with Gasteiger partial charge in [-0.1, -0.05) is 17.7 Å². The van der Waals surface area contributed by atoms with Crippen molar-refractivity contribution in [1.29, 1.82) is 0 Å². The lowest BCUT2D eigenvalue weighted by Gasteiger charge is -2.08. The van der Waals surface area contributed by atoms with Crippen molar-refractivity contribution in [2.75, 3.05) is 0 Å². The molecule has 0 fully saturated rings. The van der Waals surface area contributed by atoms with Crippen molar-refractivity contribution < 1.29 is 14.8 Å². The molecule has 2 aromatic rings. The van der Waals surface area contributed by atoms with E-state index in [1.54, 1.807) is 13.0 Å². The molecule has 6 nitrogen and oxygen atoms in total. The Kier molecular flexibility index (Phi) is 4.16. The highest BCUT2D eigenvalue weighted by atomic mass is 35.5. The number of aliphatic hydroxyl groups excluding tert-OH is 1. The summed E-state index contributed by atoms with van der Waals surface area (Å²) in [4.78, 5) is 14.3. The maximum Gasteiger partial charge on any atom is 0.313 e. The SMILES string of the molecule is C[C@H](O)c1ccc(Oc2c(Cl)cccc2[N+](=O)[O-])nc1. The molecule has 0 spiro atoms. The van der Waals surface area contributed by atoms with Crippen LogP contribution in [0.2, 0.25) is 5.02 Å². The molecule has 0 unspecified atom stereocenters. The number of pyridine rings is 1. The van der Waals surface area contributed by atoms with Gasteiger partial charge in [-0.15, -0.1) is 0 Å². The first-order chi connectivity index (χ1) is 9.49. The van der Waals surface area contributed by atoms with E-state index in [4.69, 9.17) is 16.3 Å². The van der Waals surface area contributed by atoms with Crippen molar-refractivity contribution in [3.63, 3.8) is 0 Å². The molecule has 0 radical (unpaired) electrons. The Morgan fingerprint density at radius 3 is 2.70 bits per heavy atom. The molecule has 2 rings (SSSR count). The largest absolute Gasteiger partial charge is 0.430 e. The van der Waals surface area contributed by atoms with Crippen molar-refractivity contribution >= 4 is 17.3 Å². The molecule has 1 aromatic heterocycles. The number of hydrogen-bond acceptors (Lipinski definition) is 5. The second kappa shape index (κ2) is 5.85. The second-order valence-corrected chi connectivity index (χ2v) is 4.46. The summed E-state index contributed by atoms with van der Waals surface area (Å²) < 4.78 is 5.37. The molecule has 0 aliphatic rings. The Morgan fingerprint density at radius 1 is 1.40 bits per heavy atom. The number of halogens is 1. The minimum Gasteiger partial charge on any atom is -0.430 e. The lowest BCUT2D eigenvalue weighted by Crippen LogP contribution is -1.97. The summed E-state index contributed by atoms with van der Waals surface area (Å²) in [5.41, 5.74) is 0.380. The van der Waals surface area contributed by atoms with Crippen molar-refractivity contribution in [3.8, 4) is 11.6 Å². The van der Waals surface area contributed by atoms with Crippen molar-refractivity contribution in [3.05, 3.63) is 57.2 Å². The molecular weight excluding hydrogens is 284 g/mol. The molecule has 104 valence electrons. The van der Waals surface area contributed by atoms with Gasteiger partial charge in [-0.3, -0.25) is 10.1 Å². The second-order valence-electron chi connectivity index (χ2n) is 4.05. The quantitative estimate of drug-likeness (QED) is 0.689. The Morgan fingerprint density at radius 2 is 2.15 bits per heavy atom. The van der Waals surface area contributed by atoms with Crippen LogP contribution in [0.25, 0.3) is 0 Å². The van der Waals surface area contributed by atoms with E-state index >= 15 is 0 Å². The minimum absolute atomic E-state index is 0.0588. The van der Waals surface area contributed by atoms with E-state index in [9.17, 15) is 15.2 Å². The third kappa shape index (κ3) is 3.04. The molecule has 1 atom stereocenters. The van der Waals surface area contributed by atoms with E-state index < -0.39 is 11.0 Å². The zero-order valence-corrected chi connectivity index (χ0v) is 11.2. The van der Waals surface area contributed by atoms with Gasteiger partial charge in [0.2, 0.25) is 11.6 Å². The van der Waals surface area contributed by atoms with Gasteiger partial charge in [0.05, 0.1) is 16.0 Å². The molecule has 0 amide bonds. The normalized spacial score (nSPS) is 11.9. The highest BCUT2D eigenvalue weighted by Gasteiger charge is 2.19. The van der Waals surface area contributed by atoms with Gasteiger partial charge in [-0.05, 0) is 24.6 Å². The zero-order chi connectivity index (χ0) is 14.7. The number of para-hydroxylation sites is 1. The summed E-state index contributed by atoms with van der Waals surface area (Å²) in [5.74, 6) is 0.0991. The fourth-order valence-electron chi connectivity index (χ4n) is 1.55. The van der Waals surface area contributed by atoms with Crippen LogP contribution in [0.1, 0.15) is 18.6 Å².